The first-order valence-corrected chi connectivity index (χ1v) is 3.88. The summed E-state index contributed by atoms with van der Waals surface area (Å²) in [5, 5.41) is 0. The summed E-state index contributed by atoms with van der Waals surface area (Å²) in [5.41, 5.74) is 3.66. The van der Waals surface area contributed by atoms with Crippen molar-refractivity contribution >= 4 is 5.97 Å². The topological polar surface area (TPSA) is 26.3 Å². The lowest BCUT2D eigenvalue weighted by molar-refractivity contribution is 0.0534. The van der Waals surface area contributed by atoms with Crippen LogP contribution < -0.4 is 0 Å². The molecule has 2 nitrogen and oxygen atoms in total. The molecule has 0 amide bonds. The first-order chi connectivity index (χ1) is 5.68. The minimum Gasteiger partial charge on any atom is -0.457 e. The Balaban J connectivity index is 2.68. The smallest absolute Gasteiger partial charge is 0.339 e. The van der Waals surface area contributed by atoms with Gasteiger partial charge in [-0.1, -0.05) is 6.07 Å². The van der Waals surface area contributed by atoms with Gasteiger partial charge < -0.3 is 4.74 Å². The summed E-state index contributed by atoms with van der Waals surface area (Å²) < 4.78 is 4.90. The van der Waals surface area contributed by atoms with Gasteiger partial charge in [0.15, 0.2) is 0 Å². The van der Waals surface area contributed by atoms with E-state index in [-0.39, 0.29) is 5.97 Å². The fourth-order valence-corrected chi connectivity index (χ4v) is 1.58. The number of ether oxygens (including phenoxy) is 1. The Labute approximate surface area is 71.2 Å². The average molecular weight is 161 g/mol. The van der Waals surface area contributed by atoms with Gasteiger partial charge in [-0.05, 0) is 31.0 Å². The van der Waals surface area contributed by atoms with Crippen molar-refractivity contribution < 1.29 is 9.53 Å². The molecule has 12 heavy (non-hydrogen) atoms. The number of hydrogen-bond donors (Lipinski definition) is 0. The molecule has 0 bridgehead atoms. The fourth-order valence-electron chi connectivity index (χ4n) is 1.58. The van der Waals surface area contributed by atoms with Crippen molar-refractivity contribution in [2.75, 3.05) is 0 Å². The van der Waals surface area contributed by atoms with E-state index >= 15 is 0 Å². The van der Waals surface area contributed by atoms with Gasteiger partial charge in [0, 0.05) is 5.56 Å². The van der Waals surface area contributed by atoms with Crippen molar-refractivity contribution in [3.8, 4) is 0 Å². The first kappa shape index (κ1) is 7.35. The molecule has 0 N–H and O–H groups in total. The third-order valence-electron chi connectivity index (χ3n) is 2.03. The molecule has 2 rings (SSSR count). The van der Waals surface area contributed by atoms with Crippen LogP contribution in [-0.2, 0) is 11.3 Å². The first-order valence-electron chi connectivity index (χ1n) is 3.88. The molecule has 1 aliphatic rings. The molecule has 0 aliphatic carbocycles. The second-order valence-electron chi connectivity index (χ2n) is 3.05. The van der Waals surface area contributed by atoms with E-state index in [4.69, 9.17) is 4.74 Å². The van der Waals surface area contributed by atoms with Gasteiger partial charge in [0.05, 0.1) is 5.56 Å². The highest BCUT2D eigenvalue weighted by Gasteiger charge is 2.23. The molecule has 0 spiro atoms. The van der Waals surface area contributed by atoms with E-state index in [0.29, 0.717) is 12.2 Å². The molecular weight excluding hydrogens is 152 g/mol. The Bertz CT molecular complexity index is 353. The minimum atomic E-state index is -0.209. The molecule has 1 aromatic carbocycles. The van der Waals surface area contributed by atoms with Gasteiger partial charge >= 0.3 is 5.97 Å². The third-order valence-corrected chi connectivity index (χ3v) is 2.03. The summed E-state index contributed by atoms with van der Waals surface area (Å²) >= 11 is 0. The van der Waals surface area contributed by atoms with Crippen molar-refractivity contribution in [2.24, 2.45) is 0 Å². The summed E-state index contributed by atoms with van der Waals surface area (Å²) in [7, 11) is 0. The Morgan fingerprint density at radius 3 is 3.00 bits per heavy atom. The summed E-state index contributed by atoms with van der Waals surface area (Å²) in [6, 6.07) is 5.05. The predicted octanol–water partition coefficient (Wildman–Crippen LogP) is 1.77. The van der Waals surface area contributed by atoms with Crippen molar-refractivity contribution in [1.82, 2.24) is 0 Å². The Hall–Kier alpha value is -1.31. The molecule has 1 aliphatic heterocycles. The molecule has 0 saturated carbocycles. The predicted molar refractivity (Wildman–Crippen MR) is 43.9 cm³/mol. The number of carbonyl (C=O) groups excluding carboxylic acids is 1. The average Bonchev–Trinajstić information content (AvgIpc) is 2.31. The zero-order valence-corrected chi connectivity index (χ0v) is 7.10. The number of esters is 1. The van der Waals surface area contributed by atoms with Gasteiger partial charge in [0.1, 0.15) is 6.61 Å². The number of hydrogen-bond acceptors (Lipinski definition) is 2. The Morgan fingerprint density at radius 2 is 2.25 bits per heavy atom. The highest BCUT2D eigenvalue weighted by Crippen LogP contribution is 2.23. The molecule has 1 heterocycles. The molecule has 2 heteroatoms. The van der Waals surface area contributed by atoms with E-state index in [1.165, 1.54) is 0 Å². The zero-order chi connectivity index (χ0) is 8.72. The van der Waals surface area contributed by atoms with Crippen molar-refractivity contribution in [1.29, 1.82) is 0 Å². The van der Waals surface area contributed by atoms with E-state index in [1.807, 2.05) is 19.9 Å². The highest BCUT2D eigenvalue weighted by atomic mass is 16.5. The van der Waals surface area contributed by atoms with Gasteiger partial charge in [0.25, 0.3) is 0 Å². The molecule has 0 atom stereocenters. The molecule has 1 aromatic rings. The third kappa shape index (κ3) is 0.916. The van der Waals surface area contributed by atoms with Crippen molar-refractivity contribution in [3.05, 3.63) is 34.4 Å². The van der Waals surface area contributed by atoms with E-state index in [2.05, 4.69) is 6.07 Å². The largest absolute Gasteiger partial charge is 0.457 e. The van der Waals surface area contributed by atoms with Crippen LogP contribution in [0.5, 0.6) is 0 Å². The molecular formula is C10H9O2. The van der Waals surface area contributed by atoms with Crippen LogP contribution >= 0.6 is 0 Å². The number of carbonyl (C=O) groups is 1. The zero-order valence-electron chi connectivity index (χ0n) is 7.10. The molecule has 0 saturated heterocycles. The standard InChI is InChI=1S/C10H9O2/c1-6-3-7(2)9-8(4-6)5-12-10(9)11/h4H,5H2,1-2H3. The van der Waals surface area contributed by atoms with Gasteiger partial charge in [-0.2, -0.15) is 0 Å². The molecule has 0 aromatic heterocycles. The number of aryl methyl sites for hydroxylation is 2. The number of cyclic esters (lactones) is 1. The molecule has 61 valence electrons. The second-order valence-corrected chi connectivity index (χ2v) is 3.05. The summed E-state index contributed by atoms with van der Waals surface area (Å²) in [5.74, 6) is -0.209. The maximum atomic E-state index is 11.2. The number of benzene rings is 1. The second kappa shape index (κ2) is 2.34. The summed E-state index contributed by atoms with van der Waals surface area (Å²) in [4.78, 5) is 11.2. The number of rotatable bonds is 0. The van der Waals surface area contributed by atoms with E-state index in [9.17, 15) is 4.79 Å². The lowest BCUT2D eigenvalue weighted by Crippen LogP contribution is -1.97. The Morgan fingerprint density at radius 1 is 1.50 bits per heavy atom. The van der Waals surface area contributed by atoms with Crippen LogP contribution in [0.3, 0.4) is 0 Å². The minimum absolute atomic E-state index is 0.209. The van der Waals surface area contributed by atoms with Crippen LogP contribution in [0.25, 0.3) is 0 Å². The summed E-state index contributed by atoms with van der Waals surface area (Å²) in [6.45, 7) is 4.28. The molecule has 1 radical (unpaired) electrons. The van der Waals surface area contributed by atoms with Crippen LogP contribution in [0.15, 0.2) is 6.07 Å². The van der Waals surface area contributed by atoms with Crippen LogP contribution in [0.1, 0.15) is 27.0 Å². The van der Waals surface area contributed by atoms with Gasteiger partial charge in [-0.25, -0.2) is 4.79 Å². The number of fused-ring (bicyclic) bond motifs is 1. The van der Waals surface area contributed by atoms with E-state index in [1.54, 1.807) is 0 Å². The Kier molecular flexibility index (Phi) is 1.43. The van der Waals surface area contributed by atoms with Gasteiger partial charge in [0.2, 0.25) is 0 Å². The van der Waals surface area contributed by atoms with Crippen molar-refractivity contribution in [3.63, 3.8) is 0 Å². The molecule has 0 fully saturated rings. The van der Waals surface area contributed by atoms with Crippen LogP contribution in [0, 0.1) is 19.9 Å². The van der Waals surface area contributed by atoms with E-state index in [0.717, 1.165) is 16.7 Å². The monoisotopic (exact) mass is 161 g/mol. The normalized spacial score (nSPS) is 14.3. The van der Waals surface area contributed by atoms with E-state index < -0.39 is 0 Å². The maximum absolute atomic E-state index is 11.2. The van der Waals surface area contributed by atoms with Gasteiger partial charge in [-0.3, -0.25) is 0 Å². The summed E-state index contributed by atoms with van der Waals surface area (Å²) in [6.07, 6.45) is 0. The maximum Gasteiger partial charge on any atom is 0.339 e. The fraction of sp³-hybridized carbons (Fsp3) is 0.300. The quantitative estimate of drug-likeness (QED) is 0.542. The van der Waals surface area contributed by atoms with Gasteiger partial charge in [-0.15, -0.1) is 0 Å². The lowest BCUT2D eigenvalue weighted by atomic mass is 10.0. The SMILES string of the molecule is Cc1[c]c(C)c2c(c1)COC2=O. The van der Waals surface area contributed by atoms with Crippen LogP contribution in [0.2, 0.25) is 0 Å². The van der Waals surface area contributed by atoms with Crippen LogP contribution in [0.4, 0.5) is 0 Å². The highest BCUT2D eigenvalue weighted by molar-refractivity contribution is 5.94. The van der Waals surface area contributed by atoms with Crippen molar-refractivity contribution in [2.45, 2.75) is 20.5 Å². The van der Waals surface area contributed by atoms with Crippen LogP contribution in [-0.4, -0.2) is 5.97 Å². The lowest BCUT2D eigenvalue weighted by Gasteiger charge is -1.99. The molecule has 0 unspecified atom stereocenters.